The number of carbonyl (C=O) groups excluding carboxylic acids is 1. The van der Waals surface area contributed by atoms with E-state index in [9.17, 15) is 4.79 Å². The second-order valence-corrected chi connectivity index (χ2v) is 5.38. The van der Waals surface area contributed by atoms with Gasteiger partial charge in [-0.25, -0.2) is 4.98 Å². The molecule has 108 valence electrons. The number of nitrogens with zero attached hydrogens (tertiary/aromatic N) is 1. The molecule has 0 saturated heterocycles. The average molecular weight is 294 g/mol. The predicted octanol–water partition coefficient (Wildman–Crippen LogP) is 2.34. The molecule has 0 aliphatic carbocycles. The van der Waals surface area contributed by atoms with E-state index in [0.717, 1.165) is 16.9 Å². The number of hydrogen-bond donors (Lipinski definition) is 1. The zero-order chi connectivity index (χ0) is 14.4. The topological polar surface area (TPSA) is 78.4 Å². The first kappa shape index (κ1) is 14.9. The zero-order valence-electron chi connectivity index (χ0n) is 11.4. The van der Waals surface area contributed by atoms with E-state index in [2.05, 4.69) is 4.98 Å². The van der Waals surface area contributed by atoms with Crippen molar-refractivity contribution < 1.29 is 13.9 Å². The summed E-state index contributed by atoms with van der Waals surface area (Å²) >= 11 is 1.64. The number of para-hydroxylation sites is 2. The first-order chi connectivity index (χ1) is 9.70. The average Bonchev–Trinajstić information content (AvgIpc) is 2.86. The molecule has 1 aromatic heterocycles. The fraction of sp³-hybridized carbons (Fsp3) is 0.429. The van der Waals surface area contributed by atoms with Crippen molar-refractivity contribution in [3.8, 4) is 0 Å². The number of aromatic nitrogens is 1. The summed E-state index contributed by atoms with van der Waals surface area (Å²) in [6.07, 6.45) is 0.587. The Balaban J connectivity index is 1.74. The molecule has 20 heavy (non-hydrogen) atoms. The first-order valence-electron chi connectivity index (χ1n) is 6.55. The lowest BCUT2D eigenvalue weighted by Crippen LogP contribution is -2.32. The van der Waals surface area contributed by atoms with Crippen molar-refractivity contribution in [3.63, 3.8) is 0 Å². The third kappa shape index (κ3) is 3.98. The molecular weight excluding hydrogens is 276 g/mol. The third-order valence-corrected chi connectivity index (χ3v) is 3.70. The smallest absolute Gasteiger partial charge is 0.322 e. The van der Waals surface area contributed by atoms with Gasteiger partial charge in [0.15, 0.2) is 5.58 Å². The molecule has 1 aromatic carbocycles. The van der Waals surface area contributed by atoms with Crippen LogP contribution in [-0.2, 0) is 15.3 Å². The van der Waals surface area contributed by atoms with Gasteiger partial charge in [-0.05, 0) is 31.2 Å². The summed E-state index contributed by atoms with van der Waals surface area (Å²) in [6, 6.07) is 7.12. The Hall–Kier alpha value is -1.53. The Morgan fingerprint density at radius 1 is 1.50 bits per heavy atom. The lowest BCUT2D eigenvalue weighted by Gasteiger charge is -2.09. The van der Waals surface area contributed by atoms with Gasteiger partial charge in [-0.1, -0.05) is 12.1 Å². The van der Waals surface area contributed by atoms with Gasteiger partial charge in [0.2, 0.25) is 5.89 Å². The van der Waals surface area contributed by atoms with E-state index in [1.54, 1.807) is 18.7 Å². The van der Waals surface area contributed by atoms with E-state index < -0.39 is 6.04 Å². The van der Waals surface area contributed by atoms with Gasteiger partial charge in [0.1, 0.15) is 11.6 Å². The number of ether oxygens (including phenoxy) is 1. The second-order valence-electron chi connectivity index (χ2n) is 4.28. The molecule has 0 bridgehead atoms. The molecule has 2 N–H and O–H groups in total. The number of rotatable bonds is 7. The predicted molar refractivity (Wildman–Crippen MR) is 79.4 cm³/mol. The van der Waals surface area contributed by atoms with Gasteiger partial charge in [0.25, 0.3) is 0 Å². The molecule has 0 aliphatic heterocycles. The van der Waals surface area contributed by atoms with E-state index in [1.807, 2.05) is 24.3 Å². The standard InChI is InChI=1S/C14H18N2O3S/c1-2-18-14(17)10(15)7-8-20-9-13-16-11-5-3-4-6-12(11)19-13/h3-6,10H,2,7-9,15H2,1H3. The molecule has 0 radical (unpaired) electrons. The van der Waals surface area contributed by atoms with Crippen LogP contribution in [0.15, 0.2) is 28.7 Å². The maximum atomic E-state index is 11.3. The molecule has 2 aromatic rings. The maximum absolute atomic E-state index is 11.3. The van der Waals surface area contributed by atoms with Crippen LogP contribution in [0.25, 0.3) is 11.1 Å². The largest absolute Gasteiger partial charge is 0.465 e. The van der Waals surface area contributed by atoms with Gasteiger partial charge < -0.3 is 14.9 Å². The van der Waals surface area contributed by atoms with Crippen LogP contribution in [0.4, 0.5) is 0 Å². The number of esters is 1. The number of thioether (sulfide) groups is 1. The number of hydrogen-bond acceptors (Lipinski definition) is 6. The summed E-state index contributed by atoms with van der Waals surface area (Å²) in [5, 5.41) is 0. The Bertz CT molecular complexity index is 537. The van der Waals surface area contributed by atoms with Crippen molar-refractivity contribution in [3.05, 3.63) is 30.2 Å². The molecule has 5 nitrogen and oxygen atoms in total. The molecule has 0 saturated carbocycles. The van der Waals surface area contributed by atoms with E-state index in [0.29, 0.717) is 24.7 Å². The van der Waals surface area contributed by atoms with Gasteiger partial charge >= 0.3 is 5.97 Å². The highest BCUT2D eigenvalue weighted by molar-refractivity contribution is 7.98. The molecular formula is C14H18N2O3S. The Kier molecular flexibility index (Phi) is 5.43. The molecule has 2 rings (SSSR count). The van der Waals surface area contributed by atoms with Crippen LogP contribution in [-0.4, -0.2) is 29.4 Å². The molecule has 0 amide bonds. The molecule has 6 heteroatoms. The minimum atomic E-state index is -0.550. The van der Waals surface area contributed by atoms with Crippen molar-refractivity contribution in [1.82, 2.24) is 4.98 Å². The molecule has 0 fully saturated rings. The number of fused-ring (bicyclic) bond motifs is 1. The normalized spacial score (nSPS) is 12.5. The second kappa shape index (κ2) is 7.31. The van der Waals surface area contributed by atoms with E-state index in [4.69, 9.17) is 14.9 Å². The van der Waals surface area contributed by atoms with Crippen molar-refractivity contribution in [2.75, 3.05) is 12.4 Å². The number of oxazole rings is 1. The maximum Gasteiger partial charge on any atom is 0.322 e. The van der Waals surface area contributed by atoms with Crippen LogP contribution in [0.5, 0.6) is 0 Å². The molecule has 1 unspecified atom stereocenters. The molecule has 1 heterocycles. The van der Waals surface area contributed by atoms with Crippen molar-refractivity contribution in [2.24, 2.45) is 5.73 Å². The van der Waals surface area contributed by atoms with Gasteiger partial charge in [-0.2, -0.15) is 11.8 Å². The Labute approximate surface area is 121 Å². The zero-order valence-corrected chi connectivity index (χ0v) is 12.2. The summed E-state index contributed by atoms with van der Waals surface area (Å²) in [5.74, 6) is 1.79. The monoisotopic (exact) mass is 294 g/mol. The van der Waals surface area contributed by atoms with Crippen LogP contribution in [0.1, 0.15) is 19.2 Å². The van der Waals surface area contributed by atoms with Crippen molar-refractivity contribution >= 4 is 28.8 Å². The van der Waals surface area contributed by atoms with Gasteiger partial charge in [0, 0.05) is 0 Å². The minimum Gasteiger partial charge on any atom is -0.465 e. The van der Waals surface area contributed by atoms with Crippen LogP contribution < -0.4 is 5.73 Å². The summed E-state index contributed by atoms with van der Waals surface area (Å²) in [6.45, 7) is 2.13. The Morgan fingerprint density at radius 3 is 3.05 bits per heavy atom. The lowest BCUT2D eigenvalue weighted by atomic mass is 10.2. The van der Waals surface area contributed by atoms with Crippen molar-refractivity contribution in [1.29, 1.82) is 0 Å². The number of nitrogens with two attached hydrogens (primary N) is 1. The fourth-order valence-corrected chi connectivity index (χ4v) is 2.58. The first-order valence-corrected chi connectivity index (χ1v) is 7.70. The van der Waals surface area contributed by atoms with Gasteiger partial charge in [-0.3, -0.25) is 4.79 Å². The highest BCUT2D eigenvalue weighted by Gasteiger charge is 2.14. The van der Waals surface area contributed by atoms with E-state index >= 15 is 0 Å². The quantitative estimate of drug-likeness (QED) is 0.624. The Morgan fingerprint density at radius 2 is 2.30 bits per heavy atom. The van der Waals surface area contributed by atoms with Gasteiger partial charge in [-0.15, -0.1) is 0 Å². The summed E-state index contributed by atoms with van der Waals surface area (Å²) < 4.78 is 10.5. The summed E-state index contributed by atoms with van der Waals surface area (Å²) in [5.41, 5.74) is 7.38. The van der Waals surface area contributed by atoms with Crippen molar-refractivity contribution in [2.45, 2.75) is 25.1 Å². The van der Waals surface area contributed by atoms with E-state index in [-0.39, 0.29) is 5.97 Å². The highest BCUT2D eigenvalue weighted by Crippen LogP contribution is 2.19. The summed E-state index contributed by atoms with van der Waals surface area (Å²) in [7, 11) is 0. The molecule has 0 aliphatic rings. The lowest BCUT2D eigenvalue weighted by molar-refractivity contribution is -0.144. The van der Waals surface area contributed by atoms with Gasteiger partial charge in [0.05, 0.1) is 12.4 Å². The van der Waals surface area contributed by atoms with Crippen LogP contribution in [0, 0.1) is 0 Å². The van der Waals surface area contributed by atoms with Crippen LogP contribution in [0.3, 0.4) is 0 Å². The minimum absolute atomic E-state index is 0.338. The SMILES string of the molecule is CCOC(=O)C(N)CCSCc1nc2ccccc2o1. The molecule has 1 atom stereocenters. The number of carbonyl (C=O) groups is 1. The van der Waals surface area contributed by atoms with Crippen LogP contribution >= 0.6 is 11.8 Å². The highest BCUT2D eigenvalue weighted by atomic mass is 32.2. The third-order valence-electron chi connectivity index (χ3n) is 2.73. The number of benzene rings is 1. The van der Waals surface area contributed by atoms with Crippen LogP contribution in [0.2, 0.25) is 0 Å². The van der Waals surface area contributed by atoms with E-state index in [1.165, 1.54) is 0 Å². The molecule has 0 spiro atoms. The fourth-order valence-electron chi connectivity index (χ4n) is 1.72. The summed E-state index contributed by atoms with van der Waals surface area (Å²) in [4.78, 5) is 15.7.